The topological polar surface area (TPSA) is 75.4 Å². The predicted molar refractivity (Wildman–Crippen MR) is 107 cm³/mol. The van der Waals surface area contributed by atoms with Gasteiger partial charge in [0.15, 0.2) is 5.82 Å². The Kier molecular flexibility index (Phi) is 4.43. The molecule has 1 saturated carbocycles. The lowest BCUT2D eigenvalue weighted by atomic mass is 10.0. The van der Waals surface area contributed by atoms with Gasteiger partial charge in [-0.05, 0) is 42.9 Å². The van der Waals surface area contributed by atoms with Gasteiger partial charge in [0, 0.05) is 50.1 Å². The maximum absolute atomic E-state index is 12.6. The van der Waals surface area contributed by atoms with Crippen molar-refractivity contribution in [1.29, 1.82) is 0 Å². The van der Waals surface area contributed by atoms with E-state index in [9.17, 15) is 4.79 Å². The highest BCUT2D eigenvalue weighted by molar-refractivity contribution is 5.90. The van der Waals surface area contributed by atoms with Crippen molar-refractivity contribution in [1.82, 2.24) is 24.7 Å². The first kappa shape index (κ1) is 17.2. The number of carbonyl (C=O) groups is 1. The van der Waals surface area contributed by atoms with E-state index in [4.69, 9.17) is 0 Å². The van der Waals surface area contributed by atoms with E-state index in [-0.39, 0.29) is 17.8 Å². The van der Waals surface area contributed by atoms with Gasteiger partial charge in [0.2, 0.25) is 5.82 Å². The van der Waals surface area contributed by atoms with E-state index in [1.165, 1.54) is 25.7 Å². The average molecular weight is 376 g/mol. The second kappa shape index (κ2) is 7.22. The van der Waals surface area contributed by atoms with Crippen LogP contribution in [0.25, 0.3) is 5.52 Å². The summed E-state index contributed by atoms with van der Waals surface area (Å²) in [5.74, 6) is 1.58. The first-order chi connectivity index (χ1) is 13.8. The van der Waals surface area contributed by atoms with Gasteiger partial charge < -0.3 is 14.6 Å². The largest absolute Gasteiger partial charge is 0.353 e. The highest BCUT2D eigenvalue weighted by Crippen LogP contribution is 2.33. The van der Waals surface area contributed by atoms with Crippen LogP contribution in [0.15, 0.2) is 43.1 Å². The van der Waals surface area contributed by atoms with Gasteiger partial charge in [-0.15, -0.1) is 0 Å². The van der Waals surface area contributed by atoms with Crippen LogP contribution >= 0.6 is 0 Å². The predicted octanol–water partition coefficient (Wildman–Crippen LogP) is 2.79. The number of rotatable bonds is 4. The SMILES string of the molecule is O=C(N[C@H]1CCN(c2nccn3cccc23)C1)c1ncc(C2CCCC2)cn1. The molecule has 0 bridgehead atoms. The minimum atomic E-state index is -0.196. The quantitative estimate of drug-likeness (QED) is 0.758. The summed E-state index contributed by atoms with van der Waals surface area (Å²) in [5.41, 5.74) is 2.24. The number of hydrogen-bond acceptors (Lipinski definition) is 5. The third-order valence-electron chi connectivity index (χ3n) is 5.96. The molecule has 1 atom stereocenters. The Balaban J connectivity index is 1.23. The maximum Gasteiger partial charge on any atom is 0.289 e. The average Bonchev–Trinajstić information content (AvgIpc) is 3.48. The van der Waals surface area contributed by atoms with Crippen molar-refractivity contribution >= 4 is 17.2 Å². The fraction of sp³-hybridized carbons (Fsp3) is 0.429. The Hall–Kier alpha value is -2.96. The molecule has 0 aromatic carbocycles. The molecule has 3 aromatic rings. The highest BCUT2D eigenvalue weighted by atomic mass is 16.2. The van der Waals surface area contributed by atoms with Crippen molar-refractivity contribution in [2.75, 3.05) is 18.0 Å². The van der Waals surface area contributed by atoms with Crippen LogP contribution in [0.1, 0.15) is 54.2 Å². The van der Waals surface area contributed by atoms with Gasteiger partial charge >= 0.3 is 0 Å². The molecule has 2 aliphatic rings. The van der Waals surface area contributed by atoms with Crippen LogP contribution in [0, 0.1) is 0 Å². The molecule has 3 aromatic heterocycles. The number of aromatic nitrogens is 4. The smallest absolute Gasteiger partial charge is 0.289 e. The Morgan fingerprint density at radius 1 is 1.07 bits per heavy atom. The molecule has 4 heterocycles. The summed E-state index contributed by atoms with van der Waals surface area (Å²) in [6.45, 7) is 1.61. The summed E-state index contributed by atoms with van der Waals surface area (Å²) in [4.78, 5) is 28.0. The number of nitrogens with one attached hydrogen (secondary N) is 1. The van der Waals surface area contributed by atoms with Gasteiger partial charge in [0.25, 0.3) is 5.91 Å². The van der Waals surface area contributed by atoms with Crippen LogP contribution in [0.3, 0.4) is 0 Å². The van der Waals surface area contributed by atoms with Gasteiger partial charge in [0.1, 0.15) is 0 Å². The number of fused-ring (bicyclic) bond motifs is 1. The van der Waals surface area contributed by atoms with Crippen molar-refractivity contribution in [3.63, 3.8) is 0 Å². The summed E-state index contributed by atoms with van der Waals surface area (Å²) in [6.07, 6.45) is 15.3. The lowest BCUT2D eigenvalue weighted by Gasteiger charge is -2.19. The fourth-order valence-electron chi connectivity index (χ4n) is 4.44. The van der Waals surface area contributed by atoms with Gasteiger partial charge in [0.05, 0.1) is 5.52 Å². The maximum atomic E-state index is 12.6. The zero-order valence-electron chi connectivity index (χ0n) is 15.8. The monoisotopic (exact) mass is 376 g/mol. The first-order valence-electron chi connectivity index (χ1n) is 10.1. The Morgan fingerprint density at radius 3 is 2.71 bits per heavy atom. The van der Waals surface area contributed by atoms with E-state index in [0.717, 1.165) is 36.4 Å². The summed E-state index contributed by atoms with van der Waals surface area (Å²) in [7, 11) is 0. The van der Waals surface area contributed by atoms with Crippen LogP contribution < -0.4 is 10.2 Å². The number of carbonyl (C=O) groups excluding carboxylic acids is 1. The zero-order chi connectivity index (χ0) is 18.9. The lowest BCUT2D eigenvalue weighted by Crippen LogP contribution is -2.38. The molecule has 144 valence electrons. The molecule has 1 saturated heterocycles. The Bertz CT molecular complexity index is 976. The standard InChI is InChI=1S/C21H24N6O/c28-21(19-23-12-16(13-24-19)15-4-1-2-5-15)25-17-7-10-27(14-17)20-18-6-3-9-26(18)11-8-22-20/h3,6,8-9,11-13,15,17H,1-2,4-5,7,10,14H2,(H,25,28)/t17-/m0/s1. The number of anilines is 1. The molecular formula is C21H24N6O. The molecule has 28 heavy (non-hydrogen) atoms. The highest BCUT2D eigenvalue weighted by Gasteiger charge is 2.27. The first-order valence-corrected chi connectivity index (χ1v) is 10.1. The van der Waals surface area contributed by atoms with Crippen LogP contribution in [0.5, 0.6) is 0 Å². The molecule has 0 spiro atoms. The van der Waals surface area contributed by atoms with Crippen molar-refractivity contribution < 1.29 is 4.79 Å². The van der Waals surface area contributed by atoms with Crippen molar-refractivity contribution in [3.8, 4) is 0 Å². The molecule has 7 nitrogen and oxygen atoms in total. The molecule has 1 N–H and O–H groups in total. The fourth-order valence-corrected chi connectivity index (χ4v) is 4.44. The lowest BCUT2D eigenvalue weighted by molar-refractivity contribution is 0.0929. The van der Waals surface area contributed by atoms with Crippen LogP contribution in [0.2, 0.25) is 0 Å². The van der Waals surface area contributed by atoms with E-state index in [2.05, 4.69) is 35.6 Å². The zero-order valence-corrected chi connectivity index (χ0v) is 15.8. The van der Waals surface area contributed by atoms with Gasteiger partial charge in [-0.25, -0.2) is 15.0 Å². The van der Waals surface area contributed by atoms with Crippen molar-refractivity contribution in [3.05, 3.63) is 54.5 Å². The van der Waals surface area contributed by atoms with Crippen LogP contribution in [0.4, 0.5) is 5.82 Å². The molecule has 0 radical (unpaired) electrons. The molecule has 5 rings (SSSR count). The van der Waals surface area contributed by atoms with E-state index in [1.807, 2.05) is 37.1 Å². The number of amides is 1. The molecule has 0 unspecified atom stereocenters. The molecule has 2 fully saturated rings. The Labute approximate surface area is 163 Å². The van der Waals surface area contributed by atoms with Crippen LogP contribution in [-0.4, -0.2) is 44.4 Å². The van der Waals surface area contributed by atoms with Crippen molar-refractivity contribution in [2.45, 2.75) is 44.1 Å². The molecule has 1 amide bonds. The third kappa shape index (κ3) is 3.21. The van der Waals surface area contributed by atoms with Gasteiger partial charge in [-0.1, -0.05) is 12.8 Å². The van der Waals surface area contributed by atoms with E-state index < -0.39 is 0 Å². The second-order valence-corrected chi connectivity index (χ2v) is 7.78. The van der Waals surface area contributed by atoms with Crippen molar-refractivity contribution in [2.24, 2.45) is 0 Å². The summed E-state index contributed by atoms with van der Waals surface area (Å²) < 4.78 is 2.06. The summed E-state index contributed by atoms with van der Waals surface area (Å²) in [6, 6.07) is 4.15. The third-order valence-corrected chi connectivity index (χ3v) is 5.96. The van der Waals surface area contributed by atoms with Crippen LogP contribution in [-0.2, 0) is 0 Å². The molecule has 7 heteroatoms. The Morgan fingerprint density at radius 2 is 1.89 bits per heavy atom. The molecule has 1 aliphatic carbocycles. The summed E-state index contributed by atoms with van der Waals surface area (Å²) in [5, 5.41) is 3.09. The number of hydrogen-bond donors (Lipinski definition) is 1. The van der Waals surface area contributed by atoms with E-state index >= 15 is 0 Å². The van der Waals surface area contributed by atoms with E-state index in [1.54, 1.807) is 0 Å². The molecular weight excluding hydrogens is 352 g/mol. The normalized spacial score (nSPS) is 20.1. The number of nitrogens with zero attached hydrogens (tertiary/aromatic N) is 5. The molecule has 1 aliphatic heterocycles. The van der Waals surface area contributed by atoms with Gasteiger partial charge in [-0.3, -0.25) is 4.79 Å². The minimum absolute atomic E-state index is 0.0719. The minimum Gasteiger partial charge on any atom is -0.353 e. The summed E-state index contributed by atoms with van der Waals surface area (Å²) >= 11 is 0. The van der Waals surface area contributed by atoms with Gasteiger partial charge in [-0.2, -0.15) is 0 Å². The van der Waals surface area contributed by atoms with E-state index in [0.29, 0.717) is 5.92 Å². The second-order valence-electron chi connectivity index (χ2n) is 7.78.